The molecule has 2 rings (SSSR count). The van der Waals surface area contributed by atoms with Gasteiger partial charge in [0, 0.05) is 13.1 Å². The molecule has 0 aromatic carbocycles. The smallest absolute Gasteiger partial charge is 0.0620 e. The molecular formula is C17H34N2. The number of nitrogens with zero attached hydrogens (tertiary/aromatic N) is 2. The van der Waals surface area contributed by atoms with Gasteiger partial charge in [0.2, 0.25) is 0 Å². The van der Waals surface area contributed by atoms with E-state index in [1.54, 1.807) is 0 Å². The molecule has 0 spiro atoms. The van der Waals surface area contributed by atoms with E-state index in [-0.39, 0.29) is 0 Å². The van der Waals surface area contributed by atoms with Gasteiger partial charge in [-0.1, -0.05) is 52.4 Å². The monoisotopic (exact) mass is 266 g/mol. The molecule has 0 radical (unpaired) electrons. The molecule has 0 N–H and O–H groups in total. The van der Waals surface area contributed by atoms with Gasteiger partial charge in [0.15, 0.2) is 0 Å². The quantitative estimate of drug-likeness (QED) is 0.743. The molecule has 2 heteroatoms. The Morgan fingerprint density at radius 1 is 1.00 bits per heavy atom. The fourth-order valence-electron chi connectivity index (χ4n) is 4.37. The molecule has 0 saturated carbocycles. The summed E-state index contributed by atoms with van der Waals surface area (Å²) in [6.07, 6.45) is 12.0. The molecule has 112 valence electrons. The zero-order chi connectivity index (χ0) is 13.7. The molecular weight excluding hydrogens is 232 g/mol. The molecule has 0 amide bonds. The highest BCUT2D eigenvalue weighted by atomic mass is 15.4. The van der Waals surface area contributed by atoms with Crippen molar-refractivity contribution in [1.29, 1.82) is 0 Å². The van der Waals surface area contributed by atoms with Crippen molar-refractivity contribution in [2.24, 2.45) is 11.8 Å². The van der Waals surface area contributed by atoms with E-state index in [0.717, 1.165) is 18.0 Å². The average Bonchev–Trinajstić information content (AvgIpc) is 2.64. The first-order valence-electron chi connectivity index (χ1n) is 8.70. The van der Waals surface area contributed by atoms with Crippen LogP contribution in [0.3, 0.4) is 0 Å². The van der Waals surface area contributed by atoms with Crippen molar-refractivity contribution in [2.45, 2.75) is 71.4 Å². The molecule has 2 fully saturated rings. The Morgan fingerprint density at radius 2 is 1.74 bits per heavy atom. The maximum absolute atomic E-state index is 2.81. The summed E-state index contributed by atoms with van der Waals surface area (Å²) in [5.41, 5.74) is 0. The van der Waals surface area contributed by atoms with Crippen LogP contribution in [0.15, 0.2) is 0 Å². The van der Waals surface area contributed by atoms with Crippen molar-refractivity contribution in [3.05, 3.63) is 0 Å². The lowest BCUT2D eigenvalue weighted by Crippen LogP contribution is -2.56. The molecule has 2 nitrogen and oxygen atoms in total. The second-order valence-corrected chi connectivity index (χ2v) is 6.86. The van der Waals surface area contributed by atoms with Crippen LogP contribution in [0.4, 0.5) is 0 Å². The van der Waals surface area contributed by atoms with E-state index < -0.39 is 0 Å². The maximum Gasteiger partial charge on any atom is 0.0620 e. The Morgan fingerprint density at radius 3 is 2.42 bits per heavy atom. The Bertz CT molecular complexity index is 248. The summed E-state index contributed by atoms with van der Waals surface area (Å²) in [5, 5.41) is 0. The summed E-state index contributed by atoms with van der Waals surface area (Å²) >= 11 is 0. The van der Waals surface area contributed by atoms with Crippen LogP contribution >= 0.6 is 0 Å². The van der Waals surface area contributed by atoms with Crippen LogP contribution in [0, 0.1) is 11.8 Å². The van der Waals surface area contributed by atoms with Crippen molar-refractivity contribution in [3.63, 3.8) is 0 Å². The molecule has 2 aliphatic heterocycles. The topological polar surface area (TPSA) is 6.48 Å². The molecule has 2 unspecified atom stereocenters. The second kappa shape index (κ2) is 7.64. The van der Waals surface area contributed by atoms with E-state index >= 15 is 0 Å². The molecule has 2 heterocycles. The summed E-state index contributed by atoms with van der Waals surface area (Å²) in [6.45, 7) is 8.76. The number of hydrogen-bond donors (Lipinski definition) is 0. The number of rotatable bonds is 5. The van der Waals surface area contributed by atoms with Gasteiger partial charge < -0.3 is 0 Å². The van der Waals surface area contributed by atoms with Crippen molar-refractivity contribution in [2.75, 3.05) is 26.7 Å². The number of hydrogen-bond acceptors (Lipinski definition) is 2. The molecule has 19 heavy (non-hydrogen) atoms. The third-order valence-corrected chi connectivity index (χ3v) is 5.32. The summed E-state index contributed by atoms with van der Waals surface area (Å²) in [5.74, 6) is 1.88. The van der Waals surface area contributed by atoms with Gasteiger partial charge in [-0.2, -0.15) is 0 Å². The highest BCUT2D eigenvalue weighted by Gasteiger charge is 2.35. The van der Waals surface area contributed by atoms with Crippen LogP contribution in [0.2, 0.25) is 0 Å². The number of fused-ring (bicyclic) bond motifs is 1. The van der Waals surface area contributed by atoms with E-state index in [9.17, 15) is 0 Å². The minimum absolute atomic E-state index is 0.752. The van der Waals surface area contributed by atoms with E-state index in [1.807, 2.05) is 0 Å². The van der Waals surface area contributed by atoms with Crippen LogP contribution < -0.4 is 0 Å². The normalized spacial score (nSPS) is 30.3. The lowest BCUT2D eigenvalue weighted by Gasteiger charge is -2.47. The first-order valence-corrected chi connectivity index (χ1v) is 8.70. The summed E-state index contributed by atoms with van der Waals surface area (Å²) in [6, 6.07) is 0. The van der Waals surface area contributed by atoms with Gasteiger partial charge in [-0.05, 0) is 38.3 Å². The highest BCUT2D eigenvalue weighted by Crippen LogP contribution is 2.32. The van der Waals surface area contributed by atoms with E-state index in [4.69, 9.17) is 0 Å². The zero-order valence-corrected chi connectivity index (χ0v) is 13.4. The van der Waals surface area contributed by atoms with Gasteiger partial charge >= 0.3 is 0 Å². The minimum Gasteiger partial charge on any atom is -0.291 e. The van der Waals surface area contributed by atoms with Crippen molar-refractivity contribution >= 4 is 0 Å². The SMILES string of the molecule is CCCC(CCC)C1CN(C)C2CCCCCN2C1. The van der Waals surface area contributed by atoms with Crippen molar-refractivity contribution < 1.29 is 0 Å². The molecule has 0 aromatic heterocycles. The van der Waals surface area contributed by atoms with E-state index in [0.29, 0.717) is 0 Å². The molecule has 0 aromatic rings. The summed E-state index contributed by atoms with van der Waals surface area (Å²) < 4.78 is 0. The molecule has 2 atom stereocenters. The van der Waals surface area contributed by atoms with Crippen LogP contribution in [0.25, 0.3) is 0 Å². The summed E-state index contributed by atoms with van der Waals surface area (Å²) in [4.78, 5) is 5.47. The van der Waals surface area contributed by atoms with Gasteiger partial charge in [0.25, 0.3) is 0 Å². The van der Waals surface area contributed by atoms with Crippen molar-refractivity contribution in [3.8, 4) is 0 Å². The predicted octanol–water partition coefficient (Wildman–Crippen LogP) is 3.97. The Hall–Kier alpha value is -0.0800. The van der Waals surface area contributed by atoms with Crippen LogP contribution in [-0.4, -0.2) is 42.6 Å². The predicted molar refractivity (Wildman–Crippen MR) is 83.3 cm³/mol. The largest absolute Gasteiger partial charge is 0.291 e. The van der Waals surface area contributed by atoms with Gasteiger partial charge in [-0.3, -0.25) is 9.80 Å². The van der Waals surface area contributed by atoms with Crippen LogP contribution in [0.1, 0.15) is 65.2 Å². The van der Waals surface area contributed by atoms with Gasteiger partial charge in [0.1, 0.15) is 0 Å². The third kappa shape index (κ3) is 3.95. The van der Waals surface area contributed by atoms with Crippen molar-refractivity contribution in [1.82, 2.24) is 9.80 Å². The minimum atomic E-state index is 0.752. The van der Waals surface area contributed by atoms with E-state index in [2.05, 4.69) is 30.7 Å². The fourth-order valence-corrected chi connectivity index (χ4v) is 4.37. The third-order valence-electron chi connectivity index (χ3n) is 5.32. The second-order valence-electron chi connectivity index (χ2n) is 6.86. The standard InChI is InChI=1S/C17H34N2/c1-4-9-15(10-5-2)16-13-18(3)17-11-7-6-8-12-19(17)14-16/h15-17H,4-14H2,1-3H3. The lowest BCUT2D eigenvalue weighted by molar-refractivity contribution is -0.0255. The Labute approximate surface area is 120 Å². The Kier molecular flexibility index (Phi) is 6.15. The van der Waals surface area contributed by atoms with Gasteiger partial charge in [-0.25, -0.2) is 0 Å². The average molecular weight is 266 g/mol. The first kappa shape index (κ1) is 15.3. The molecule has 0 aliphatic carbocycles. The highest BCUT2D eigenvalue weighted by molar-refractivity contribution is 4.86. The van der Waals surface area contributed by atoms with Crippen LogP contribution in [-0.2, 0) is 0 Å². The van der Waals surface area contributed by atoms with Gasteiger partial charge in [0.05, 0.1) is 6.17 Å². The first-order chi connectivity index (χ1) is 9.26. The van der Waals surface area contributed by atoms with Crippen LogP contribution in [0.5, 0.6) is 0 Å². The summed E-state index contributed by atoms with van der Waals surface area (Å²) in [7, 11) is 2.37. The molecule has 0 bridgehead atoms. The molecule has 2 aliphatic rings. The lowest BCUT2D eigenvalue weighted by atomic mass is 9.83. The zero-order valence-electron chi connectivity index (χ0n) is 13.4. The Balaban J connectivity index is 1.99. The fraction of sp³-hybridized carbons (Fsp3) is 1.00. The van der Waals surface area contributed by atoms with E-state index in [1.165, 1.54) is 71.0 Å². The van der Waals surface area contributed by atoms with Gasteiger partial charge in [-0.15, -0.1) is 0 Å². The molecule has 2 saturated heterocycles. The maximum atomic E-state index is 2.81.